The fraction of sp³-hybridized carbons (Fsp3) is 0.273. The number of carbonyl (C=O) groups excluding carboxylic acids is 1. The van der Waals surface area contributed by atoms with E-state index in [9.17, 15) is 4.79 Å². The molecule has 0 aliphatic heterocycles. The van der Waals surface area contributed by atoms with Gasteiger partial charge >= 0.3 is 0 Å². The van der Waals surface area contributed by atoms with Gasteiger partial charge in [-0.3, -0.25) is 4.79 Å². The lowest BCUT2D eigenvalue weighted by Gasteiger charge is -2.13. The Morgan fingerprint density at radius 2 is 1.96 bits per heavy atom. The second kappa shape index (κ2) is 7.28. The average Bonchev–Trinajstić information content (AvgIpc) is 3.44. The molecule has 1 aliphatic rings. The zero-order valence-electron chi connectivity index (χ0n) is 15.6. The third-order valence-electron chi connectivity index (χ3n) is 5.30. The van der Waals surface area contributed by atoms with Crippen molar-refractivity contribution in [1.82, 2.24) is 19.9 Å². The lowest BCUT2D eigenvalue weighted by molar-refractivity contribution is 0.0953. The molecule has 28 heavy (non-hydrogen) atoms. The van der Waals surface area contributed by atoms with Gasteiger partial charge in [0.15, 0.2) is 0 Å². The van der Waals surface area contributed by atoms with Gasteiger partial charge in [0, 0.05) is 30.2 Å². The standard InChI is InChI=1S/C22H22N4OS/c27-21(23-12-11-19-24-16-8-2-3-9-17(16)25-19)20-15-7-1-4-10-18(15)28-22(20)26-13-5-6-14-26/h2-3,5-6,8-9,13-14H,1,4,7,10-12H2,(H,23,27)(H,24,25). The van der Waals surface area contributed by atoms with E-state index in [4.69, 9.17) is 0 Å². The zero-order valence-corrected chi connectivity index (χ0v) is 16.4. The Labute approximate surface area is 167 Å². The van der Waals surface area contributed by atoms with Gasteiger partial charge in [-0.2, -0.15) is 0 Å². The first-order valence-electron chi connectivity index (χ1n) is 9.79. The van der Waals surface area contributed by atoms with E-state index in [1.165, 1.54) is 16.9 Å². The number of hydrogen-bond donors (Lipinski definition) is 2. The summed E-state index contributed by atoms with van der Waals surface area (Å²) in [5.41, 5.74) is 4.11. The first-order chi connectivity index (χ1) is 13.8. The van der Waals surface area contributed by atoms with E-state index in [2.05, 4.69) is 19.9 Å². The van der Waals surface area contributed by atoms with Gasteiger partial charge < -0.3 is 14.9 Å². The van der Waals surface area contributed by atoms with Crippen molar-refractivity contribution >= 4 is 28.3 Å². The highest BCUT2D eigenvalue weighted by molar-refractivity contribution is 7.15. The summed E-state index contributed by atoms with van der Waals surface area (Å²) in [5.74, 6) is 0.929. The monoisotopic (exact) mass is 390 g/mol. The Morgan fingerprint density at radius 1 is 1.14 bits per heavy atom. The molecule has 4 aromatic rings. The summed E-state index contributed by atoms with van der Waals surface area (Å²) < 4.78 is 2.07. The van der Waals surface area contributed by atoms with Crippen molar-refractivity contribution in [3.05, 3.63) is 70.6 Å². The number of H-pyrrole nitrogens is 1. The first kappa shape index (κ1) is 17.3. The molecular weight excluding hydrogens is 368 g/mol. The molecule has 1 aliphatic carbocycles. The number of rotatable bonds is 5. The number of aryl methyl sites for hydroxylation is 1. The summed E-state index contributed by atoms with van der Waals surface area (Å²) in [7, 11) is 0. The van der Waals surface area contributed by atoms with E-state index < -0.39 is 0 Å². The SMILES string of the molecule is O=C(NCCc1nc2ccccc2[nH]1)c1c(-n2cccc2)sc2c1CCCC2. The maximum atomic E-state index is 13.1. The minimum absolute atomic E-state index is 0.0270. The van der Waals surface area contributed by atoms with Crippen LogP contribution in [-0.2, 0) is 19.3 Å². The number of fused-ring (bicyclic) bond motifs is 2. The van der Waals surface area contributed by atoms with Crippen LogP contribution in [0.4, 0.5) is 0 Å². The largest absolute Gasteiger partial charge is 0.351 e. The fourth-order valence-corrected chi connectivity index (χ4v) is 5.30. The van der Waals surface area contributed by atoms with E-state index >= 15 is 0 Å². The van der Waals surface area contributed by atoms with Crippen LogP contribution in [0.2, 0.25) is 0 Å². The van der Waals surface area contributed by atoms with Crippen molar-refractivity contribution in [3.63, 3.8) is 0 Å². The summed E-state index contributed by atoms with van der Waals surface area (Å²) >= 11 is 1.76. The van der Waals surface area contributed by atoms with E-state index in [-0.39, 0.29) is 5.91 Å². The predicted octanol–water partition coefficient (Wildman–Crippen LogP) is 4.27. The van der Waals surface area contributed by atoms with E-state index in [0.717, 1.165) is 46.7 Å². The summed E-state index contributed by atoms with van der Waals surface area (Å²) in [4.78, 5) is 22.4. The van der Waals surface area contributed by atoms with Crippen LogP contribution < -0.4 is 5.32 Å². The minimum Gasteiger partial charge on any atom is -0.351 e. The first-order valence-corrected chi connectivity index (χ1v) is 10.6. The van der Waals surface area contributed by atoms with Crippen LogP contribution in [0.15, 0.2) is 48.8 Å². The van der Waals surface area contributed by atoms with Crippen LogP contribution in [0.1, 0.15) is 39.5 Å². The lowest BCUT2D eigenvalue weighted by atomic mass is 9.95. The van der Waals surface area contributed by atoms with Crippen LogP contribution >= 0.6 is 11.3 Å². The van der Waals surface area contributed by atoms with Crippen LogP contribution in [0.5, 0.6) is 0 Å². The highest BCUT2D eigenvalue weighted by atomic mass is 32.1. The van der Waals surface area contributed by atoms with Crippen LogP contribution in [0.3, 0.4) is 0 Å². The summed E-state index contributed by atoms with van der Waals surface area (Å²) in [6.45, 7) is 0.564. The molecule has 6 heteroatoms. The molecule has 0 saturated carbocycles. The number of benzene rings is 1. The van der Waals surface area contributed by atoms with Crippen LogP contribution in [0, 0.1) is 0 Å². The minimum atomic E-state index is 0.0270. The van der Waals surface area contributed by atoms with Crippen molar-refractivity contribution in [2.24, 2.45) is 0 Å². The van der Waals surface area contributed by atoms with E-state index in [0.29, 0.717) is 13.0 Å². The molecule has 5 rings (SSSR count). The van der Waals surface area contributed by atoms with Crippen molar-refractivity contribution in [3.8, 4) is 5.00 Å². The number of nitrogens with zero attached hydrogens (tertiary/aromatic N) is 2. The topological polar surface area (TPSA) is 62.7 Å². The van der Waals surface area contributed by atoms with Gasteiger partial charge in [-0.15, -0.1) is 11.3 Å². The maximum absolute atomic E-state index is 13.1. The van der Waals surface area contributed by atoms with Gasteiger partial charge in [-0.1, -0.05) is 12.1 Å². The Morgan fingerprint density at radius 3 is 2.82 bits per heavy atom. The van der Waals surface area contributed by atoms with Crippen molar-refractivity contribution < 1.29 is 4.79 Å². The smallest absolute Gasteiger partial charge is 0.254 e. The highest BCUT2D eigenvalue weighted by Crippen LogP contribution is 2.36. The molecule has 1 amide bonds. The number of hydrogen-bond acceptors (Lipinski definition) is 3. The number of aromatic amines is 1. The summed E-state index contributed by atoms with van der Waals surface area (Å²) in [6, 6.07) is 12.0. The third-order valence-corrected chi connectivity index (χ3v) is 6.61. The molecule has 0 bridgehead atoms. The number of imidazole rings is 1. The molecular formula is C22H22N4OS. The number of para-hydroxylation sites is 2. The molecule has 142 valence electrons. The second-order valence-corrected chi connectivity index (χ2v) is 8.27. The molecule has 1 aromatic carbocycles. The number of amides is 1. The Hall–Kier alpha value is -2.86. The van der Waals surface area contributed by atoms with Crippen molar-refractivity contribution in [2.45, 2.75) is 32.1 Å². The third kappa shape index (κ3) is 3.14. The Kier molecular flexibility index (Phi) is 4.49. The molecule has 0 atom stereocenters. The molecule has 0 saturated heterocycles. The number of nitrogens with one attached hydrogen (secondary N) is 2. The van der Waals surface area contributed by atoms with Gasteiger partial charge in [0.25, 0.3) is 5.91 Å². The van der Waals surface area contributed by atoms with Gasteiger partial charge in [-0.05, 0) is 55.5 Å². The molecule has 0 fully saturated rings. The molecule has 0 radical (unpaired) electrons. The quantitative estimate of drug-likeness (QED) is 0.535. The fourth-order valence-electron chi connectivity index (χ4n) is 3.94. The summed E-state index contributed by atoms with van der Waals surface area (Å²) in [6.07, 6.45) is 9.18. The van der Waals surface area contributed by atoms with Crippen molar-refractivity contribution in [1.29, 1.82) is 0 Å². The van der Waals surface area contributed by atoms with Gasteiger partial charge in [0.1, 0.15) is 10.8 Å². The van der Waals surface area contributed by atoms with Gasteiger partial charge in [0.2, 0.25) is 0 Å². The second-order valence-electron chi connectivity index (χ2n) is 7.19. The summed E-state index contributed by atoms with van der Waals surface area (Å²) in [5, 5.41) is 4.16. The molecule has 0 unspecified atom stereocenters. The Bertz CT molecular complexity index is 1090. The van der Waals surface area contributed by atoms with E-state index in [1.54, 1.807) is 11.3 Å². The normalized spacial score (nSPS) is 13.6. The van der Waals surface area contributed by atoms with Crippen LogP contribution in [-0.4, -0.2) is 27.0 Å². The highest BCUT2D eigenvalue weighted by Gasteiger charge is 2.25. The molecule has 0 spiro atoms. The van der Waals surface area contributed by atoms with E-state index in [1.807, 2.05) is 48.8 Å². The molecule has 2 N–H and O–H groups in total. The van der Waals surface area contributed by atoms with Crippen LogP contribution in [0.25, 0.3) is 16.0 Å². The van der Waals surface area contributed by atoms with Gasteiger partial charge in [0.05, 0.1) is 16.6 Å². The van der Waals surface area contributed by atoms with Gasteiger partial charge in [-0.25, -0.2) is 4.98 Å². The maximum Gasteiger partial charge on any atom is 0.254 e. The lowest BCUT2D eigenvalue weighted by Crippen LogP contribution is -2.27. The Balaban J connectivity index is 1.35. The average molecular weight is 391 g/mol. The number of aromatic nitrogens is 3. The predicted molar refractivity (Wildman–Crippen MR) is 112 cm³/mol. The molecule has 3 aromatic heterocycles. The molecule has 3 heterocycles. The number of thiophene rings is 1. The zero-order chi connectivity index (χ0) is 18.9. The van der Waals surface area contributed by atoms with Crippen molar-refractivity contribution in [2.75, 3.05) is 6.54 Å². The number of carbonyl (C=O) groups is 1. The molecule has 5 nitrogen and oxygen atoms in total.